The van der Waals surface area contributed by atoms with Gasteiger partial charge in [0.15, 0.2) is 0 Å². The molecule has 2 aromatic carbocycles. The average molecular weight is 473 g/mol. The number of benzene rings is 2. The Hall–Kier alpha value is -2.68. The smallest absolute Gasteiger partial charge is 0.243 e. The molecule has 32 heavy (non-hydrogen) atoms. The average Bonchev–Trinajstić information content (AvgIpc) is 3.28. The molecule has 0 atom stereocenters. The van der Waals surface area contributed by atoms with Crippen LogP contribution in [-0.4, -0.2) is 41.5 Å². The number of aromatic nitrogens is 2. The Labute approximate surface area is 193 Å². The number of piperidine rings is 1. The summed E-state index contributed by atoms with van der Waals surface area (Å²) in [6, 6.07) is 12.4. The summed E-state index contributed by atoms with van der Waals surface area (Å²) in [5.74, 6) is -0.436. The second-order valence-corrected chi connectivity index (χ2v) is 10.4. The highest BCUT2D eigenvalue weighted by atomic mass is 35.5. The van der Waals surface area contributed by atoms with Crippen LogP contribution in [0.15, 0.2) is 59.8 Å². The monoisotopic (exact) mass is 472 g/mol. The lowest BCUT2D eigenvalue weighted by atomic mass is 9.97. The molecule has 3 aromatic rings. The summed E-state index contributed by atoms with van der Waals surface area (Å²) in [6.07, 6.45) is 4.35. The number of amides is 1. The molecule has 1 N–H and O–H groups in total. The third-order valence-electron chi connectivity index (χ3n) is 5.74. The van der Waals surface area contributed by atoms with E-state index in [1.54, 1.807) is 47.4 Å². The third kappa shape index (κ3) is 4.57. The van der Waals surface area contributed by atoms with Crippen molar-refractivity contribution in [1.29, 1.82) is 0 Å². The van der Waals surface area contributed by atoms with E-state index in [1.165, 1.54) is 4.31 Å². The summed E-state index contributed by atoms with van der Waals surface area (Å²) < 4.78 is 29.3. The number of nitrogens with one attached hydrogen (secondary N) is 1. The highest BCUT2D eigenvalue weighted by Crippen LogP contribution is 2.29. The first-order valence-electron chi connectivity index (χ1n) is 10.4. The van der Waals surface area contributed by atoms with Gasteiger partial charge in [0.2, 0.25) is 15.9 Å². The van der Waals surface area contributed by atoms with Gasteiger partial charge >= 0.3 is 0 Å². The van der Waals surface area contributed by atoms with Crippen molar-refractivity contribution in [2.75, 3.05) is 18.4 Å². The fourth-order valence-electron chi connectivity index (χ4n) is 4.04. The Kier molecular flexibility index (Phi) is 6.37. The number of hydrogen-bond acceptors (Lipinski definition) is 4. The van der Waals surface area contributed by atoms with Crippen molar-refractivity contribution in [3.63, 3.8) is 0 Å². The van der Waals surface area contributed by atoms with Crippen molar-refractivity contribution in [2.24, 2.45) is 5.92 Å². The molecule has 0 saturated carbocycles. The quantitative estimate of drug-likeness (QED) is 0.603. The van der Waals surface area contributed by atoms with E-state index in [-0.39, 0.29) is 11.8 Å². The molecular formula is C23H25ClN4O3S. The van der Waals surface area contributed by atoms with Crippen LogP contribution >= 0.6 is 11.6 Å². The van der Waals surface area contributed by atoms with Gasteiger partial charge in [-0.05, 0) is 62.6 Å². The van der Waals surface area contributed by atoms with Gasteiger partial charge in [0, 0.05) is 36.4 Å². The summed E-state index contributed by atoms with van der Waals surface area (Å²) in [7, 11) is -3.59. The Balaban J connectivity index is 1.45. The molecule has 9 heteroatoms. The lowest BCUT2D eigenvalue weighted by Gasteiger charge is -2.31. The second kappa shape index (κ2) is 9.05. The lowest BCUT2D eigenvalue weighted by molar-refractivity contribution is -0.120. The molecule has 1 fully saturated rings. The highest BCUT2D eigenvalue weighted by molar-refractivity contribution is 7.89. The zero-order chi connectivity index (χ0) is 22.9. The van der Waals surface area contributed by atoms with Crippen molar-refractivity contribution >= 4 is 33.2 Å². The fraction of sp³-hybridized carbons (Fsp3) is 0.304. The van der Waals surface area contributed by atoms with Gasteiger partial charge in [-0.3, -0.25) is 4.79 Å². The number of rotatable bonds is 5. The van der Waals surface area contributed by atoms with E-state index in [2.05, 4.69) is 10.4 Å². The number of aryl methyl sites for hydroxylation is 2. The molecule has 0 unspecified atom stereocenters. The third-order valence-corrected chi connectivity index (χ3v) is 8.03. The first-order chi connectivity index (χ1) is 15.3. The van der Waals surface area contributed by atoms with E-state index in [9.17, 15) is 13.2 Å². The minimum Gasteiger partial charge on any atom is -0.324 e. The molecule has 1 saturated heterocycles. The first-order valence-corrected chi connectivity index (χ1v) is 12.3. The van der Waals surface area contributed by atoms with Crippen LogP contribution in [0.2, 0.25) is 5.02 Å². The standard InChI is InChI=1S/C23H25ClN4O3S/c1-16-4-7-22(17(2)14-16)32(30,31)27-12-8-18(9-13-27)23(29)26-20-15-19(24)5-6-21(20)28-11-3-10-25-28/h3-7,10-11,14-15,18H,8-9,12-13H2,1-2H3,(H,26,29). The zero-order valence-corrected chi connectivity index (χ0v) is 19.5. The van der Waals surface area contributed by atoms with Gasteiger partial charge in [0.1, 0.15) is 0 Å². The lowest BCUT2D eigenvalue weighted by Crippen LogP contribution is -2.41. The van der Waals surface area contributed by atoms with Gasteiger partial charge in [0.05, 0.1) is 16.3 Å². The van der Waals surface area contributed by atoms with E-state index in [1.807, 2.05) is 26.0 Å². The number of hydrogen-bond donors (Lipinski definition) is 1. The molecular weight excluding hydrogens is 448 g/mol. The van der Waals surface area contributed by atoms with Crippen LogP contribution in [0, 0.1) is 19.8 Å². The maximum Gasteiger partial charge on any atom is 0.243 e. The first kappa shape index (κ1) is 22.5. The molecule has 4 rings (SSSR count). The Morgan fingerprint density at radius 1 is 1.12 bits per heavy atom. The molecule has 168 valence electrons. The molecule has 1 aliphatic heterocycles. The van der Waals surface area contributed by atoms with Gasteiger partial charge in [-0.2, -0.15) is 9.40 Å². The molecule has 1 amide bonds. The van der Waals surface area contributed by atoms with Gasteiger partial charge in [-0.15, -0.1) is 0 Å². The van der Waals surface area contributed by atoms with E-state index >= 15 is 0 Å². The maximum atomic E-state index is 13.1. The van der Waals surface area contributed by atoms with E-state index in [0.717, 1.165) is 11.1 Å². The summed E-state index contributed by atoms with van der Waals surface area (Å²) in [5, 5.41) is 7.69. The minimum absolute atomic E-state index is 0.149. The minimum atomic E-state index is -3.59. The number of sulfonamides is 1. The van der Waals surface area contributed by atoms with Gasteiger partial charge < -0.3 is 5.32 Å². The Morgan fingerprint density at radius 3 is 2.53 bits per heavy atom. The van der Waals surface area contributed by atoms with Crippen molar-refractivity contribution in [3.8, 4) is 5.69 Å². The number of carbonyl (C=O) groups is 1. The van der Waals surface area contributed by atoms with Crippen molar-refractivity contribution in [1.82, 2.24) is 14.1 Å². The van der Waals surface area contributed by atoms with Crippen LogP contribution in [0.1, 0.15) is 24.0 Å². The largest absolute Gasteiger partial charge is 0.324 e. The Morgan fingerprint density at radius 2 is 1.88 bits per heavy atom. The number of nitrogens with zero attached hydrogens (tertiary/aromatic N) is 3. The molecule has 1 aliphatic rings. The van der Waals surface area contributed by atoms with Gasteiger partial charge in [-0.1, -0.05) is 29.3 Å². The predicted octanol–water partition coefficient (Wildman–Crippen LogP) is 4.18. The van der Waals surface area contributed by atoms with Crippen molar-refractivity contribution in [3.05, 3.63) is 71.0 Å². The SMILES string of the molecule is Cc1ccc(S(=O)(=O)N2CCC(C(=O)Nc3cc(Cl)ccc3-n3cccn3)CC2)c(C)c1. The van der Waals surface area contributed by atoms with Crippen LogP contribution < -0.4 is 5.32 Å². The van der Waals surface area contributed by atoms with Crippen LogP contribution in [-0.2, 0) is 14.8 Å². The van der Waals surface area contributed by atoms with Crippen LogP contribution in [0.3, 0.4) is 0 Å². The highest BCUT2D eigenvalue weighted by Gasteiger charge is 2.33. The molecule has 7 nitrogen and oxygen atoms in total. The maximum absolute atomic E-state index is 13.1. The fourth-order valence-corrected chi connectivity index (χ4v) is 5.89. The number of anilines is 1. The van der Waals surface area contributed by atoms with E-state index in [0.29, 0.717) is 47.2 Å². The summed E-state index contributed by atoms with van der Waals surface area (Å²) in [5.41, 5.74) is 3.03. The zero-order valence-electron chi connectivity index (χ0n) is 18.0. The summed E-state index contributed by atoms with van der Waals surface area (Å²) in [6.45, 7) is 4.35. The number of halogens is 1. The van der Waals surface area contributed by atoms with Gasteiger partial charge in [0.25, 0.3) is 0 Å². The summed E-state index contributed by atoms with van der Waals surface area (Å²) in [4.78, 5) is 13.3. The normalized spacial score (nSPS) is 15.6. The van der Waals surface area contributed by atoms with Crippen molar-refractivity contribution in [2.45, 2.75) is 31.6 Å². The summed E-state index contributed by atoms with van der Waals surface area (Å²) >= 11 is 6.14. The van der Waals surface area contributed by atoms with Crippen LogP contribution in [0.4, 0.5) is 5.69 Å². The second-order valence-electron chi connectivity index (χ2n) is 8.05. The van der Waals surface area contributed by atoms with E-state index in [4.69, 9.17) is 11.6 Å². The van der Waals surface area contributed by atoms with Crippen molar-refractivity contribution < 1.29 is 13.2 Å². The van der Waals surface area contributed by atoms with E-state index < -0.39 is 10.0 Å². The topological polar surface area (TPSA) is 84.3 Å². The molecule has 2 heterocycles. The predicted molar refractivity (Wildman–Crippen MR) is 125 cm³/mol. The number of carbonyl (C=O) groups excluding carboxylic acids is 1. The molecule has 0 radical (unpaired) electrons. The van der Waals surface area contributed by atoms with Gasteiger partial charge in [-0.25, -0.2) is 13.1 Å². The van der Waals surface area contributed by atoms with Crippen LogP contribution in [0.25, 0.3) is 5.69 Å². The van der Waals surface area contributed by atoms with Crippen LogP contribution in [0.5, 0.6) is 0 Å². The molecule has 0 spiro atoms. The molecule has 1 aromatic heterocycles. The molecule has 0 aliphatic carbocycles. The Bertz CT molecular complexity index is 1230. The molecule has 0 bridgehead atoms.